The van der Waals surface area contributed by atoms with Crippen molar-refractivity contribution in [2.24, 2.45) is 0 Å². The first kappa shape index (κ1) is 11.5. The fourth-order valence-electron chi connectivity index (χ4n) is 1.81. The second-order valence-corrected chi connectivity index (χ2v) is 4.38. The Labute approximate surface area is 101 Å². The number of nitrogen functional groups attached to an aromatic ring is 1. The van der Waals surface area contributed by atoms with Gasteiger partial charge in [-0.2, -0.15) is 0 Å². The van der Waals surface area contributed by atoms with Gasteiger partial charge in [-0.05, 0) is 37.6 Å². The zero-order valence-electron chi connectivity index (χ0n) is 10.2. The number of rotatable bonds is 4. The number of imidazole rings is 1. The number of nitrogens with one attached hydrogen (secondary N) is 1. The average molecular weight is 230 g/mol. The second-order valence-electron chi connectivity index (χ2n) is 4.38. The Morgan fingerprint density at radius 2 is 2.29 bits per heavy atom. The van der Waals surface area contributed by atoms with Crippen molar-refractivity contribution in [3.8, 4) is 0 Å². The summed E-state index contributed by atoms with van der Waals surface area (Å²) in [5, 5.41) is 3.44. The van der Waals surface area contributed by atoms with E-state index in [9.17, 15) is 0 Å². The summed E-state index contributed by atoms with van der Waals surface area (Å²) in [7, 11) is 0. The molecule has 1 heterocycles. The van der Waals surface area contributed by atoms with E-state index in [1.54, 1.807) is 6.20 Å². The van der Waals surface area contributed by atoms with Crippen molar-refractivity contribution in [1.29, 1.82) is 0 Å². The summed E-state index contributed by atoms with van der Waals surface area (Å²) >= 11 is 0. The van der Waals surface area contributed by atoms with Crippen LogP contribution in [-0.4, -0.2) is 15.6 Å². The molecule has 0 radical (unpaired) electrons. The summed E-state index contributed by atoms with van der Waals surface area (Å²) in [5.41, 5.74) is 8.82. The molecule has 0 saturated heterocycles. The van der Waals surface area contributed by atoms with Crippen molar-refractivity contribution in [3.05, 3.63) is 42.5 Å². The molecule has 1 atom stereocenters. The lowest BCUT2D eigenvalue weighted by atomic mass is 10.1. The summed E-state index contributed by atoms with van der Waals surface area (Å²) in [4.78, 5) is 4.03. The number of aromatic nitrogens is 2. The van der Waals surface area contributed by atoms with E-state index < -0.39 is 0 Å². The minimum atomic E-state index is 0.340. The van der Waals surface area contributed by atoms with Crippen LogP contribution in [0.3, 0.4) is 0 Å². The molecule has 1 aromatic heterocycles. The number of hydrogen-bond donors (Lipinski definition) is 2. The van der Waals surface area contributed by atoms with Gasteiger partial charge in [0, 0.05) is 36.4 Å². The number of nitrogens with zero attached hydrogens (tertiary/aromatic N) is 2. The highest BCUT2D eigenvalue weighted by atomic mass is 15.1. The fourth-order valence-corrected chi connectivity index (χ4v) is 1.81. The largest absolute Gasteiger partial charge is 0.399 e. The van der Waals surface area contributed by atoms with Crippen LogP contribution in [0.5, 0.6) is 0 Å². The molecule has 0 bridgehead atoms. The Morgan fingerprint density at radius 3 is 2.94 bits per heavy atom. The first-order valence-corrected chi connectivity index (χ1v) is 5.73. The lowest BCUT2D eigenvalue weighted by molar-refractivity contribution is 0.619. The predicted octanol–water partition coefficient (Wildman–Crippen LogP) is 2.27. The second kappa shape index (κ2) is 4.91. The Hall–Kier alpha value is -1.97. The molecule has 0 spiro atoms. The van der Waals surface area contributed by atoms with Crippen LogP contribution in [0, 0.1) is 6.92 Å². The molecule has 1 aromatic carbocycles. The van der Waals surface area contributed by atoms with Gasteiger partial charge in [0.15, 0.2) is 0 Å². The molecule has 2 rings (SSSR count). The van der Waals surface area contributed by atoms with E-state index in [0.29, 0.717) is 6.04 Å². The van der Waals surface area contributed by atoms with Crippen LogP contribution in [0.15, 0.2) is 36.9 Å². The minimum Gasteiger partial charge on any atom is -0.399 e. The van der Waals surface area contributed by atoms with E-state index in [1.807, 2.05) is 31.6 Å². The zero-order valence-corrected chi connectivity index (χ0v) is 10.2. The van der Waals surface area contributed by atoms with Gasteiger partial charge in [0.1, 0.15) is 0 Å². The Morgan fingerprint density at radius 1 is 1.47 bits per heavy atom. The maximum Gasteiger partial charge on any atom is 0.0946 e. The van der Waals surface area contributed by atoms with Crippen molar-refractivity contribution in [2.45, 2.75) is 26.4 Å². The van der Waals surface area contributed by atoms with Crippen LogP contribution < -0.4 is 11.1 Å². The predicted molar refractivity (Wildman–Crippen MR) is 70.9 cm³/mol. The molecule has 2 aromatic rings. The summed E-state index contributed by atoms with van der Waals surface area (Å²) in [6.45, 7) is 5.05. The monoisotopic (exact) mass is 230 g/mol. The molecule has 0 amide bonds. The van der Waals surface area contributed by atoms with Crippen LogP contribution in [0.2, 0.25) is 0 Å². The first-order chi connectivity index (χ1) is 8.15. The fraction of sp³-hybridized carbons (Fsp3) is 0.308. The highest BCUT2D eigenvalue weighted by molar-refractivity contribution is 5.56. The van der Waals surface area contributed by atoms with E-state index in [4.69, 9.17) is 5.73 Å². The highest BCUT2D eigenvalue weighted by Crippen LogP contribution is 2.17. The molecule has 0 fully saturated rings. The van der Waals surface area contributed by atoms with Gasteiger partial charge < -0.3 is 15.6 Å². The third-order valence-electron chi connectivity index (χ3n) is 2.73. The lowest BCUT2D eigenvalue weighted by Gasteiger charge is -2.16. The number of aryl methyl sites for hydroxylation is 1. The molecule has 90 valence electrons. The molecule has 1 unspecified atom stereocenters. The topological polar surface area (TPSA) is 55.9 Å². The number of benzene rings is 1. The van der Waals surface area contributed by atoms with Gasteiger partial charge in [0.25, 0.3) is 0 Å². The number of hydrogen-bond acceptors (Lipinski definition) is 3. The normalized spacial score (nSPS) is 12.4. The van der Waals surface area contributed by atoms with Crippen molar-refractivity contribution in [2.75, 3.05) is 11.1 Å². The summed E-state index contributed by atoms with van der Waals surface area (Å²) < 4.78 is 2.06. The van der Waals surface area contributed by atoms with E-state index in [0.717, 1.165) is 23.5 Å². The third-order valence-corrected chi connectivity index (χ3v) is 2.73. The van der Waals surface area contributed by atoms with Crippen LogP contribution >= 0.6 is 0 Å². The maximum absolute atomic E-state index is 5.79. The number of anilines is 2. The molecule has 0 aliphatic heterocycles. The summed E-state index contributed by atoms with van der Waals surface area (Å²) in [5.74, 6) is 0. The van der Waals surface area contributed by atoms with Gasteiger partial charge in [-0.1, -0.05) is 0 Å². The smallest absolute Gasteiger partial charge is 0.0946 e. The van der Waals surface area contributed by atoms with E-state index in [1.165, 1.54) is 0 Å². The van der Waals surface area contributed by atoms with Crippen LogP contribution in [0.25, 0.3) is 0 Å². The maximum atomic E-state index is 5.79. The lowest BCUT2D eigenvalue weighted by Crippen LogP contribution is -2.21. The Balaban J connectivity index is 1.98. The van der Waals surface area contributed by atoms with Gasteiger partial charge in [0.2, 0.25) is 0 Å². The average Bonchev–Trinajstić information content (AvgIpc) is 2.76. The van der Waals surface area contributed by atoms with Crippen LogP contribution in [0.4, 0.5) is 11.4 Å². The third kappa shape index (κ3) is 3.00. The molecule has 3 N–H and O–H groups in total. The summed E-state index contributed by atoms with van der Waals surface area (Å²) in [6.07, 6.45) is 5.58. The Kier molecular flexibility index (Phi) is 3.32. The van der Waals surface area contributed by atoms with Crippen molar-refractivity contribution >= 4 is 11.4 Å². The molecule has 0 aliphatic rings. The van der Waals surface area contributed by atoms with Gasteiger partial charge in [0.05, 0.1) is 6.33 Å². The van der Waals surface area contributed by atoms with Gasteiger partial charge in [-0.25, -0.2) is 4.98 Å². The molecular formula is C13H18N4. The molecule has 0 saturated carbocycles. The summed E-state index contributed by atoms with van der Waals surface area (Å²) in [6, 6.07) is 6.35. The van der Waals surface area contributed by atoms with Crippen molar-refractivity contribution < 1.29 is 0 Å². The Bertz CT molecular complexity index is 476. The van der Waals surface area contributed by atoms with Crippen molar-refractivity contribution in [1.82, 2.24) is 9.55 Å². The van der Waals surface area contributed by atoms with E-state index in [2.05, 4.69) is 27.9 Å². The van der Waals surface area contributed by atoms with E-state index >= 15 is 0 Å². The van der Waals surface area contributed by atoms with Gasteiger partial charge in [-0.15, -0.1) is 0 Å². The van der Waals surface area contributed by atoms with Crippen LogP contribution in [-0.2, 0) is 6.54 Å². The van der Waals surface area contributed by atoms with E-state index in [-0.39, 0.29) is 0 Å². The molecule has 0 aliphatic carbocycles. The highest BCUT2D eigenvalue weighted by Gasteiger charge is 2.03. The van der Waals surface area contributed by atoms with Gasteiger partial charge >= 0.3 is 0 Å². The van der Waals surface area contributed by atoms with Crippen LogP contribution in [0.1, 0.15) is 12.5 Å². The molecular weight excluding hydrogens is 212 g/mol. The number of nitrogens with two attached hydrogens (primary N) is 1. The standard InChI is InChI=1S/C13H18N4/c1-10-7-12(3-4-13(10)14)16-11(2)8-17-6-5-15-9-17/h3-7,9,11,16H,8,14H2,1-2H3. The zero-order chi connectivity index (χ0) is 12.3. The SMILES string of the molecule is Cc1cc(NC(C)Cn2ccnc2)ccc1N. The van der Waals surface area contributed by atoms with Crippen molar-refractivity contribution in [3.63, 3.8) is 0 Å². The van der Waals surface area contributed by atoms with Gasteiger partial charge in [-0.3, -0.25) is 0 Å². The molecule has 4 nitrogen and oxygen atoms in total. The first-order valence-electron chi connectivity index (χ1n) is 5.73. The molecule has 17 heavy (non-hydrogen) atoms. The molecule has 4 heteroatoms. The minimum absolute atomic E-state index is 0.340. The quantitative estimate of drug-likeness (QED) is 0.792.